The predicted molar refractivity (Wildman–Crippen MR) is 81.2 cm³/mol. The minimum absolute atomic E-state index is 0.0665. The molecular formula is C13H10ClN5OS. The van der Waals surface area contributed by atoms with Crippen LogP contribution in [0.5, 0.6) is 0 Å². The molecular weight excluding hydrogens is 310 g/mol. The zero-order chi connectivity index (χ0) is 14.7. The Kier molecular flexibility index (Phi) is 3.94. The van der Waals surface area contributed by atoms with Crippen molar-refractivity contribution in [3.63, 3.8) is 0 Å². The van der Waals surface area contributed by atoms with E-state index in [2.05, 4.69) is 20.6 Å². The summed E-state index contributed by atoms with van der Waals surface area (Å²) in [7, 11) is 0. The third-order valence-electron chi connectivity index (χ3n) is 2.67. The van der Waals surface area contributed by atoms with Crippen LogP contribution in [0, 0.1) is 0 Å². The first kappa shape index (κ1) is 13.7. The lowest BCUT2D eigenvalue weighted by molar-refractivity contribution is -0.116. The lowest BCUT2D eigenvalue weighted by Crippen LogP contribution is -2.18. The van der Waals surface area contributed by atoms with Gasteiger partial charge in [-0.1, -0.05) is 35.0 Å². The number of carbonyl (C=O) groups is 1. The number of thiazole rings is 1. The van der Waals surface area contributed by atoms with Crippen LogP contribution in [0.15, 0.2) is 42.0 Å². The van der Waals surface area contributed by atoms with Crippen LogP contribution in [0.25, 0.3) is 11.3 Å². The molecule has 3 aromatic rings. The normalized spacial score (nSPS) is 10.5. The van der Waals surface area contributed by atoms with E-state index in [1.165, 1.54) is 16.0 Å². The predicted octanol–water partition coefficient (Wildman–Crippen LogP) is 2.69. The Labute approximate surface area is 129 Å². The molecule has 0 saturated carbocycles. The van der Waals surface area contributed by atoms with Crippen LogP contribution in [0.3, 0.4) is 0 Å². The summed E-state index contributed by atoms with van der Waals surface area (Å²) in [5.74, 6) is -0.208. The van der Waals surface area contributed by atoms with Crippen LogP contribution in [0.4, 0.5) is 5.13 Å². The van der Waals surface area contributed by atoms with Crippen molar-refractivity contribution >= 4 is 34.0 Å². The van der Waals surface area contributed by atoms with Gasteiger partial charge in [-0.05, 0) is 6.07 Å². The van der Waals surface area contributed by atoms with Crippen molar-refractivity contribution in [1.29, 1.82) is 0 Å². The van der Waals surface area contributed by atoms with E-state index in [4.69, 9.17) is 11.6 Å². The quantitative estimate of drug-likeness (QED) is 0.802. The van der Waals surface area contributed by atoms with E-state index in [-0.39, 0.29) is 12.5 Å². The van der Waals surface area contributed by atoms with E-state index in [1.54, 1.807) is 23.8 Å². The Balaban J connectivity index is 1.71. The molecule has 0 atom stereocenters. The number of nitrogens with zero attached hydrogens (tertiary/aromatic N) is 4. The smallest absolute Gasteiger partial charge is 0.247 e. The molecule has 6 nitrogen and oxygen atoms in total. The molecule has 0 unspecified atom stereocenters. The minimum Gasteiger partial charge on any atom is -0.300 e. The van der Waals surface area contributed by atoms with Crippen molar-refractivity contribution in [2.45, 2.75) is 6.54 Å². The number of aromatic nitrogens is 4. The molecule has 21 heavy (non-hydrogen) atoms. The summed E-state index contributed by atoms with van der Waals surface area (Å²) in [6.45, 7) is 0.0665. The summed E-state index contributed by atoms with van der Waals surface area (Å²) in [6, 6.07) is 7.35. The van der Waals surface area contributed by atoms with E-state index in [1.807, 2.05) is 18.2 Å². The second kappa shape index (κ2) is 6.02. The summed E-state index contributed by atoms with van der Waals surface area (Å²) in [6.07, 6.45) is 3.31. The molecule has 1 N–H and O–H groups in total. The monoisotopic (exact) mass is 319 g/mol. The van der Waals surface area contributed by atoms with Gasteiger partial charge in [0.15, 0.2) is 5.13 Å². The van der Waals surface area contributed by atoms with Crippen molar-refractivity contribution in [1.82, 2.24) is 20.0 Å². The van der Waals surface area contributed by atoms with Crippen molar-refractivity contribution in [3.8, 4) is 11.3 Å². The van der Waals surface area contributed by atoms with Crippen LogP contribution in [-0.4, -0.2) is 25.9 Å². The van der Waals surface area contributed by atoms with E-state index >= 15 is 0 Å². The molecule has 2 aromatic heterocycles. The number of nitrogens with one attached hydrogen (secondary N) is 1. The highest BCUT2D eigenvalue weighted by atomic mass is 35.5. The fourth-order valence-electron chi connectivity index (χ4n) is 1.76. The third kappa shape index (κ3) is 3.26. The molecule has 0 bridgehead atoms. The number of rotatable bonds is 4. The van der Waals surface area contributed by atoms with Gasteiger partial charge in [-0.25, -0.2) is 9.67 Å². The molecule has 106 valence electrons. The summed E-state index contributed by atoms with van der Waals surface area (Å²) in [5, 5.41) is 13.6. The number of carbonyl (C=O) groups excluding carboxylic acids is 1. The molecule has 0 aliphatic rings. The second-order valence-corrected chi connectivity index (χ2v) is 5.47. The Bertz CT molecular complexity index is 756. The largest absolute Gasteiger partial charge is 0.300 e. The molecule has 2 heterocycles. The highest BCUT2D eigenvalue weighted by Gasteiger charge is 2.10. The second-order valence-electron chi connectivity index (χ2n) is 4.17. The van der Waals surface area contributed by atoms with Gasteiger partial charge in [0.05, 0.1) is 11.2 Å². The molecule has 0 aliphatic heterocycles. The first-order valence-electron chi connectivity index (χ1n) is 6.07. The highest BCUT2D eigenvalue weighted by molar-refractivity contribution is 7.13. The van der Waals surface area contributed by atoms with Gasteiger partial charge in [0.2, 0.25) is 5.91 Å². The van der Waals surface area contributed by atoms with Gasteiger partial charge >= 0.3 is 0 Å². The molecule has 0 radical (unpaired) electrons. The Morgan fingerprint density at radius 2 is 2.24 bits per heavy atom. The topological polar surface area (TPSA) is 72.7 Å². The van der Waals surface area contributed by atoms with Gasteiger partial charge < -0.3 is 5.32 Å². The lowest BCUT2D eigenvalue weighted by Gasteiger charge is -2.00. The average Bonchev–Trinajstić information content (AvgIpc) is 3.11. The van der Waals surface area contributed by atoms with Gasteiger partial charge in [0.25, 0.3) is 0 Å². The first-order chi connectivity index (χ1) is 10.2. The van der Waals surface area contributed by atoms with Crippen LogP contribution in [0.2, 0.25) is 5.02 Å². The summed E-state index contributed by atoms with van der Waals surface area (Å²) >= 11 is 7.47. The number of halogens is 1. The van der Waals surface area contributed by atoms with Crippen molar-refractivity contribution in [2.75, 3.05) is 5.32 Å². The van der Waals surface area contributed by atoms with Crippen LogP contribution in [0.1, 0.15) is 0 Å². The van der Waals surface area contributed by atoms with Crippen molar-refractivity contribution in [2.24, 2.45) is 0 Å². The molecule has 0 fully saturated rings. The van der Waals surface area contributed by atoms with E-state index < -0.39 is 0 Å². The maximum atomic E-state index is 11.8. The molecule has 3 rings (SSSR count). The molecule has 0 spiro atoms. The summed E-state index contributed by atoms with van der Waals surface area (Å²) < 4.78 is 1.46. The Morgan fingerprint density at radius 1 is 1.38 bits per heavy atom. The standard InChI is InChI=1S/C13H10ClN5OS/c14-10-4-2-1-3-9(10)11-7-19(18-17-11)8-12(20)16-13-15-5-6-21-13/h1-7H,8H2,(H,15,16,20). The van der Waals surface area contributed by atoms with Crippen LogP contribution < -0.4 is 5.32 Å². The average molecular weight is 320 g/mol. The first-order valence-corrected chi connectivity index (χ1v) is 7.32. The molecule has 1 aromatic carbocycles. The fourth-order valence-corrected chi connectivity index (χ4v) is 2.54. The fraction of sp³-hybridized carbons (Fsp3) is 0.0769. The minimum atomic E-state index is -0.208. The van der Waals surface area contributed by atoms with Crippen molar-refractivity contribution < 1.29 is 4.79 Å². The van der Waals surface area contributed by atoms with Gasteiger partial charge in [-0.15, -0.1) is 16.4 Å². The highest BCUT2D eigenvalue weighted by Crippen LogP contribution is 2.25. The molecule has 8 heteroatoms. The van der Waals surface area contributed by atoms with Gasteiger partial charge in [0.1, 0.15) is 12.2 Å². The van der Waals surface area contributed by atoms with Crippen LogP contribution in [-0.2, 0) is 11.3 Å². The van der Waals surface area contributed by atoms with Crippen LogP contribution >= 0.6 is 22.9 Å². The maximum Gasteiger partial charge on any atom is 0.247 e. The SMILES string of the molecule is O=C(Cn1cc(-c2ccccc2Cl)nn1)Nc1nccs1. The number of hydrogen-bond acceptors (Lipinski definition) is 5. The van der Waals surface area contributed by atoms with Crippen molar-refractivity contribution in [3.05, 3.63) is 47.1 Å². The summed E-state index contributed by atoms with van der Waals surface area (Å²) in [4.78, 5) is 15.8. The van der Waals surface area contributed by atoms with Gasteiger partial charge in [-0.2, -0.15) is 0 Å². The number of amides is 1. The Morgan fingerprint density at radius 3 is 3.00 bits per heavy atom. The number of anilines is 1. The lowest BCUT2D eigenvalue weighted by atomic mass is 10.2. The molecule has 0 aliphatic carbocycles. The zero-order valence-corrected chi connectivity index (χ0v) is 12.3. The van der Waals surface area contributed by atoms with E-state index in [9.17, 15) is 4.79 Å². The third-order valence-corrected chi connectivity index (χ3v) is 3.69. The summed E-state index contributed by atoms with van der Waals surface area (Å²) in [5.41, 5.74) is 1.41. The zero-order valence-electron chi connectivity index (χ0n) is 10.7. The molecule has 1 amide bonds. The van der Waals surface area contributed by atoms with Gasteiger partial charge in [-0.3, -0.25) is 4.79 Å². The number of hydrogen-bond donors (Lipinski definition) is 1. The van der Waals surface area contributed by atoms with Gasteiger partial charge in [0, 0.05) is 17.1 Å². The van der Waals surface area contributed by atoms with E-state index in [0.29, 0.717) is 15.8 Å². The maximum absolute atomic E-state index is 11.8. The Hall–Kier alpha value is -2.25. The van der Waals surface area contributed by atoms with E-state index in [0.717, 1.165) is 5.56 Å². The molecule has 0 saturated heterocycles. The number of benzene rings is 1.